The molecule has 0 spiro atoms. The van der Waals surface area contributed by atoms with Gasteiger partial charge in [-0.15, -0.1) is 0 Å². The maximum absolute atomic E-state index is 12.4. The number of pyridine rings is 1. The van der Waals surface area contributed by atoms with E-state index in [0.29, 0.717) is 5.56 Å². The molecule has 1 N–H and O–H groups in total. The molecular formula is C15H16N2O2. The smallest absolute Gasteiger partial charge is 0.253 e. The van der Waals surface area contributed by atoms with Crippen molar-refractivity contribution in [1.29, 1.82) is 0 Å². The van der Waals surface area contributed by atoms with E-state index in [1.165, 1.54) is 0 Å². The van der Waals surface area contributed by atoms with Crippen molar-refractivity contribution in [2.24, 2.45) is 0 Å². The average Bonchev–Trinajstić information content (AvgIpc) is 2.44. The first-order valence-corrected chi connectivity index (χ1v) is 6.47. The summed E-state index contributed by atoms with van der Waals surface area (Å²) in [4.78, 5) is 18.2. The zero-order valence-electron chi connectivity index (χ0n) is 10.8. The minimum atomic E-state index is -0.379. The van der Waals surface area contributed by atoms with Crippen molar-refractivity contribution in [3.8, 4) is 0 Å². The third kappa shape index (κ3) is 2.08. The minimum Gasteiger partial charge on any atom is -0.391 e. The van der Waals surface area contributed by atoms with Gasteiger partial charge in [0.05, 0.1) is 17.7 Å². The first kappa shape index (κ1) is 12.1. The Labute approximate surface area is 111 Å². The van der Waals surface area contributed by atoms with E-state index in [4.69, 9.17) is 0 Å². The molecule has 2 aromatic rings. The number of nitrogens with zero attached hydrogens (tertiary/aromatic N) is 2. The Hall–Kier alpha value is -1.94. The molecule has 1 fully saturated rings. The van der Waals surface area contributed by atoms with Gasteiger partial charge >= 0.3 is 0 Å². The molecule has 98 valence electrons. The summed E-state index contributed by atoms with van der Waals surface area (Å²) in [7, 11) is 1.75. The third-order valence-electron chi connectivity index (χ3n) is 3.87. The lowest BCUT2D eigenvalue weighted by atomic mass is 9.87. The molecule has 1 aliphatic carbocycles. The predicted octanol–water partition coefficient (Wildman–Crippen LogP) is 1.83. The number of hydrogen-bond acceptors (Lipinski definition) is 3. The number of hydrogen-bond donors (Lipinski definition) is 1. The van der Waals surface area contributed by atoms with Crippen LogP contribution in [0, 0.1) is 0 Å². The van der Waals surface area contributed by atoms with Gasteiger partial charge < -0.3 is 10.0 Å². The van der Waals surface area contributed by atoms with Crippen LogP contribution in [-0.4, -0.2) is 40.1 Å². The summed E-state index contributed by atoms with van der Waals surface area (Å²) in [5, 5.41) is 10.6. The highest BCUT2D eigenvalue weighted by Crippen LogP contribution is 2.26. The van der Waals surface area contributed by atoms with E-state index in [-0.39, 0.29) is 18.1 Å². The molecular weight excluding hydrogens is 240 g/mol. The second-order valence-electron chi connectivity index (χ2n) is 5.04. The molecule has 1 saturated carbocycles. The number of likely N-dealkylation sites (N-methyl/N-ethyl adjacent to an activating group) is 1. The van der Waals surface area contributed by atoms with Gasteiger partial charge in [0.1, 0.15) is 0 Å². The van der Waals surface area contributed by atoms with E-state index >= 15 is 0 Å². The molecule has 1 aliphatic rings. The molecule has 1 amide bonds. The molecule has 4 heteroatoms. The van der Waals surface area contributed by atoms with Crippen molar-refractivity contribution in [2.75, 3.05) is 7.05 Å². The Morgan fingerprint density at radius 1 is 1.37 bits per heavy atom. The van der Waals surface area contributed by atoms with Gasteiger partial charge in [-0.05, 0) is 37.1 Å². The van der Waals surface area contributed by atoms with Gasteiger partial charge in [-0.2, -0.15) is 0 Å². The number of aromatic nitrogens is 1. The van der Waals surface area contributed by atoms with Gasteiger partial charge in [0.25, 0.3) is 5.91 Å². The van der Waals surface area contributed by atoms with Crippen molar-refractivity contribution in [1.82, 2.24) is 9.88 Å². The zero-order valence-corrected chi connectivity index (χ0v) is 10.8. The molecule has 19 heavy (non-hydrogen) atoms. The SMILES string of the molecule is CN(C(=O)c1ccc2ncccc2c1)[C@@H]1CC[C@H]1O. The Morgan fingerprint density at radius 3 is 2.89 bits per heavy atom. The maximum Gasteiger partial charge on any atom is 0.253 e. The molecule has 0 unspecified atom stereocenters. The number of carbonyl (C=O) groups excluding carboxylic acids is 1. The van der Waals surface area contributed by atoms with Crippen LogP contribution in [0.25, 0.3) is 10.9 Å². The predicted molar refractivity (Wildman–Crippen MR) is 72.9 cm³/mol. The van der Waals surface area contributed by atoms with Crippen molar-refractivity contribution >= 4 is 16.8 Å². The van der Waals surface area contributed by atoms with E-state index < -0.39 is 0 Å². The molecule has 3 rings (SSSR count). The fourth-order valence-electron chi connectivity index (χ4n) is 2.48. The van der Waals surface area contributed by atoms with Crippen molar-refractivity contribution in [3.63, 3.8) is 0 Å². The first-order chi connectivity index (χ1) is 9.16. The second-order valence-corrected chi connectivity index (χ2v) is 5.04. The van der Waals surface area contributed by atoms with Crippen LogP contribution in [0.2, 0.25) is 0 Å². The summed E-state index contributed by atoms with van der Waals surface area (Å²) in [6, 6.07) is 9.25. The summed E-state index contributed by atoms with van der Waals surface area (Å²) in [5.74, 6) is -0.0468. The zero-order chi connectivity index (χ0) is 13.4. The standard InChI is InChI=1S/C15H16N2O2/c1-17(13-6-7-14(13)18)15(19)11-4-5-12-10(9-11)3-2-8-16-12/h2-5,8-9,13-14,18H,6-7H2,1H3/t13-,14-/m1/s1. The fourth-order valence-corrected chi connectivity index (χ4v) is 2.48. The Balaban J connectivity index is 1.88. The van der Waals surface area contributed by atoms with Crippen LogP contribution in [0.1, 0.15) is 23.2 Å². The summed E-state index contributed by atoms with van der Waals surface area (Å²) in [5.41, 5.74) is 1.52. The highest BCUT2D eigenvalue weighted by molar-refractivity contribution is 5.98. The topological polar surface area (TPSA) is 53.4 Å². The minimum absolute atomic E-state index is 0.0444. The largest absolute Gasteiger partial charge is 0.391 e. The summed E-state index contributed by atoms with van der Waals surface area (Å²) in [6.07, 6.45) is 3.01. The molecule has 1 aromatic carbocycles. The molecule has 0 saturated heterocycles. The van der Waals surface area contributed by atoms with Gasteiger partial charge in [0.15, 0.2) is 0 Å². The maximum atomic E-state index is 12.4. The van der Waals surface area contributed by atoms with Gasteiger partial charge in [-0.3, -0.25) is 9.78 Å². The third-order valence-corrected chi connectivity index (χ3v) is 3.87. The first-order valence-electron chi connectivity index (χ1n) is 6.47. The highest BCUT2D eigenvalue weighted by Gasteiger charge is 2.34. The van der Waals surface area contributed by atoms with Crippen LogP contribution >= 0.6 is 0 Å². The van der Waals surface area contributed by atoms with Crippen molar-refractivity contribution < 1.29 is 9.90 Å². The van der Waals surface area contributed by atoms with Crippen LogP contribution in [0.15, 0.2) is 36.5 Å². The molecule has 0 bridgehead atoms. The molecule has 0 radical (unpaired) electrons. The fraction of sp³-hybridized carbons (Fsp3) is 0.333. The average molecular weight is 256 g/mol. The summed E-state index contributed by atoms with van der Waals surface area (Å²) >= 11 is 0. The number of amides is 1. The molecule has 0 aliphatic heterocycles. The highest BCUT2D eigenvalue weighted by atomic mass is 16.3. The lowest BCUT2D eigenvalue weighted by molar-refractivity contribution is -0.00490. The van der Waals surface area contributed by atoms with Crippen LogP contribution in [0.5, 0.6) is 0 Å². The number of rotatable bonds is 2. The molecule has 4 nitrogen and oxygen atoms in total. The van der Waals surface area contributed by atoms with Gasteiger partial charge in [-0.25, -0.2) is 0 Å². The quantitative estimate of drug-likeness (QED) is 0.892. The van der Waals surface area contributed by atoms with E-state index in [2.05, 4.69) is 4.98 Å². The van der Waals surface area contributed by atoms with E-state index in [1.54, 1.807) is 24.2 Å². The normalized spacial score (nSPS) is 22.0. The van der Waals surface area contributed by atoms with E-state index in [9.17, 15) is 9.90 Å². The van der Waals surface area contributed by atoms with Crippen LogP contribution < -0.4 is 0 Å². The molecule has 1 heterocycles. The Kier molecular flexibility index (Phi) is 2.95. The summed E-state index contributed by atoms with van der Waals surface area (Å²) in [6.45, 7) is 0. The number of aliphatic hydroxyl groups excluding tert-OH is 1. The number of carbonyl (C=O) groups is 1. The Bertz CT molecular complexity index is 626. The number of fused-ring (bicyclic) bond motifs is 1. The molecule has 1 aromatic heterocycles. The lowest BCUT2D eigenvalue weighted by Crippen LogP contribution is -2.51. The monoisotopic (exact) mass is 256 g/mol. The Morgan fingerprint density at radius 2 is 2.21 bits per heavy atom. The van der Waals surface area contributed by atoms with Gasteiger partial charge in [0.2, 0.25) is 0 Å². The number of benzene rings is 1. The van der Waals surface area contributed by atoms with E-state index in [0.717, 1.165) is 23.7 Å². The lowest BCUT2D eigenvalue weighted by Gasteiger charge is -2.39. The second kappa shape index (κ2) is 4.63. The summed E-state index contributed by atoms with van der Waals surface area (Å²) < 4.78 is 0. The van der Waals surface area contributed by atoms with Crippen molar-refractivity contribution in [2.45, 2.75) is 25.0 Å². The van der Waals surface area contributed by atoms with Crippen LogP contribution in [-0.2, 0) is 0 Å². The van der Waals surface area contributed by atoms with Crippen LogP contribution in [0.4, 0.5) is 0 Å². The van der Waals surface area contributed by atoms with Crippen LogP contribution in [0.3, 0.4) is 0 Å². The van der Waals surface area contributed by atoms with E-state index in [1.807, 2.05) is 24.3 Å². The van der Waals surface area contributed by atoms with Crippen molar-refractivity contribution in [3.05, 3.63) is 42.1 Å². The molecule has 2 atom stereocenters. The van der Waals surface area contributed by atoms with Gasteiger partial charge in [0, 0.05) is 24.2 Å². The number of aliphatic hydroxyl groups is 1. The van der Waals surface area contributed by atoms with Gasteiger partial charge in [-0.1, -0.05) is 6.07 Å².